The molecule has 1 nitrogen and oxygen atoms in total. The Labute approximate surface area is 93.6 Å². The first kappa shape index (κ1) is 11.2. The average Bonchev–Trinajstić information content (AvgIpc) is 2.31. The molecule has 2 rings (SSSR count). The van der Waals surface area contributed by atoms with E-state index < -0.39 is 0 Å². The van der Waals surface area contributed by atoms with Gasteiger partial charge in [-0.2, -0.15) is 0 Å². The summed E-state index contributed by atoms with van der Waals surface area (Å²) in [6.07, 6.45) is 14.8. The lowest BCUT2D eigenvalue weighted by molar-refractivity contribution is -0.121. The van der Waals surface area contributed by atoms with Gasteiger partial charge in [-0.3, -0.25) is 4.79 Å². The van der Waals surface area contributed by atoms with Crippen LogP contribution in [0.4, 0.5) is 0 Å². The van der Waals surface area contributed by atoms with Gasteiger partial charge >= 0.3 is 0 Å². The van der Waals surface area contributed by atoms with Crippen molar-refractivity contribution < 1.29 is 4.79 Å². The minimum absolute atomic E-state index is 0.390. The molecule has 0 aromatic rings. The zero-order valence-corrected chi connectivity index (χ0v) is 9.71. The standard InChI is InChI=1S/C14H23O/c15-14(13-9-5-2-6-10-13)11-12-7-3-1-4-8-12/h11-13H,1-10H2. The van der Waals surface area contributed by atoms with Gasteiger partial charge in [0.2, 0.25) is 0 Å². The zero-order valence-electron chi connectivity index (χ0n) is 9.71. The predicted octanol–water partition coefficient (Wildman–Crippen LogP) is 3.92. The van der Waals surface area contributed by atoms with Gasteiger partial charge in [0, 0.05) is 12.3 Å². The van der Waals surface area contributed by atoms with E-state index >= 15 is 0 Å². The number of carbonyl (C=O) groups excluding carboxylic acids is 1. The predicted molar refractivity (Wildman–Crippen MR) is 62.5 cm³/mol. The van der Waals surface area contributed by atoms with E-state index in [1.807, 2.05) is 0 Å². The fraction of sp³-hybridized carbons (Fsp3) is 0.857. The lowest BCUT2D eigenvalue weighted by Crippen LogP contribution is -2.22. The van der Waals surface area contributed by atoms with Crippen molar-refractivity contribution in [3.8, 4) is 0 Å². The van der Waals surface area contributed by atoms with Gasteiger partial charge in [-0.25, -0.2) is 0 Å². The molecule has 0 amide bonds. The molecule has 2 saturated carbocycles. The summed E-state index contributed by atoms with van der Waals surface area (Å²) in [7, 11) is 0. The highest BCUT2D eigenvalue weighted by Gasteiger charge is 2.24. The van der Waals surface area contributed by atoms with E-state index in [9.17, 15) is 4.79 Å². The van der Waals surface area contributed by atoms with Gasteiger partial charge in [0.1, 0.15) is 5.78 Å². The largest absolute Gasteiger partial charge is 0.299 e. The van der Waals surface area contributed by atoms with Crippen LogP contribution < -0.4 is 0 Å². The first-order chi connectivity index (χ1) is 7.36. The molecule has 0 heterocycles. The molecule has 15 heavy (non-hydrogen) atoms. The van der Waals surface area contributed by atoms with E-state index in [1.165, 1.54) is 51.4 Å². The molecule has 2 aliphatic rings. The van der Waals surface area contributed by atoms with Crippen LogP contribution in [0, 0.1) is 18.3 Å². The van der Waals surface area contributed by atoms with Gasteiger partial charge in [-0.15, -0.1) is 0 Å². The minimum Gasteiger partial charge on any atom is -0.299 e. The molecular formula is C14H23O. The molecule has 0 aliphatic heterocycles. The summed E-state index contributed by atoms with van der Waals surface area (Å²) in [5.74, 6) is 1.48. The first-order valence-corrected chi connectivity index (χ1v) is 6.75. The lowest BCUT2D eigenvalue weighted by atomic mass is 9.79. The number of hydrogen-bond donors (Lipinski definition) is 0. The SMILES string of the molecule is O=C([CH]C1CCCCC1)C1CCCCC1. The Morgan fingerprint density at radius 1 is 0.800 bits per heavy atom. The van der Waals surface area contributed by atoms with Gasteiger partial charge in [-0.05, 0) is 31.6 Å². The summed E-state index contributed by atoms with van der Waals surface area (Å²) in [4.78, 5) is 12.0. The molecule has 0 N–H and O–H groups in total. The smallest absolute Gasteiger partial charge is 0.140 e. The summed E-state index contributed by atoms with van der Waals surface area (Å²) < 4.78 is 0. The fourth-order valence-corrected chi connectivity index (χ4v) is 3.06. The maximum Gasteiger partial charge on any atom is 0.140 e. The first-order valence-electron chi connectivity index (χ1n) is 6.75. The Bertz CT molecular complexity index is 197. The van der Waals surface area contributed by atoms with Crippen molar-refractivity contribution in [3.63, 3.8) is 0 Å². The zero-order chi connectivity index (χ0) is 10.5. The Kier molecular flexibility index (Phi) is 4.22. The van der Waals surface area contributed by atoms with E-state index in [-0.39, 0.29) is 0 Å². The van der Waals surface area contributed by atoms with E-state index in [0.29, 0.717) is 17.6 Å². The van der Waals surface area contributed by atoms with Crippen molar-refractivity contribution in [2.75, 3.05) is 0 Å². The number of rotatable bonds is 3. The van der Waals surface area contributed by atoms with Gasteiger partial charge < -0.3 is 0 Å². The van der Waals surface area contributed by atoms with Gasteiger partial charge in [0.15, 0.2) is 0 Å². The Morgan fingerprint density at radius 2 is 1.33 bits per heavy atom. The van der Waals surface area contributed by atoms with Crippen LogP contribution in [0.25, 0.3) is 0 Å². The molecule has 0 unspecified atom stereocenters. The van der Waals surface area contributed by atoms with E-state index in [0.717, 1.165) is 12.8 Å². The summed E-state index contributed by atoms with van der Waals surface area (Å²) in [5.41, 5.74) is 0. The second-order valence-corrected chi connectivity index (χ2v) is 5.30. The summed E-state index contributed by atoms with van der Waals surface area (Å²) >= 11 is 0. The van der Waals surface area contributed by atoms with Crippen LogP contribution in [0.2, 0.25) is 0 Å². The fourth-order valence-electron chi connectivity index (χ4n) is 3.06. The molecule has 85 valence electrons. The van der Waals surface area contributed by atoms with E-state index in [1.54, 1.807) is 0 Å². The highest BCUT2D eigenvalue weighted by Crippen LogP contribution is 2.30. The van der Waals surface area contributed by atoms with Crippen molar-refractivity contribution in [3.05, 3.63) is 6.42 Å². The third-order valence-corrected chi connectivity index (χ3v) is 4.06. The highest BCUT2D eigenvalue weighted by molar-refractivity contribution is 5.89. The number of Topliss-reactive ketones (excluding diaryl/α,β-unsaturated/α-hetero) is 1. The van der Waals surface area contributed by atoms with Crippen LogP contribution in [-0.2, 0) is 4.79 Å². The Hall–Kier alpha value is -0.330. The van der Waals surface area contributed by atoms with Crippen LogP contribution in [0.15, 0.2) is 0 Å². The van der Waals surface area contributed by atoms with Gasteiger partial charge in [-0.1, -0.05) is 38.5 Å². The number of carbonyl (C=O) groups is 1. The maximum atomic E-state index is 12.0. The summed E-state index contributed by atoms with van der Waals surface area (Å²) in [6.45, 7) is 0. The van der Waals surface area contributed by atoms with Crippen molar-refractivity contribution in [2.45, 2.75) is 64.2 Å². The highest BCUT2D eigenvalue weighted by atomic mass is 16.1. The quantitative estimate of drug-likeness (QED) is 0.685. The van der Waals surface area contributed by atoms with Crippen molar-refractivity contribution in [2.24, 2.45) is 11.8 Å². The Balaban J connectivity index is 1.74. The third-order valence-electron chi connectivity index (χ3n) is 4.06. The normalized spacial score (nSPS) is 25.3. The van der Waals surface area contributed by atoms with Crippen LogP contribution in [0.3, 0.4) is 0 Å². The Morgan fingerprint density at radius 3 is 1.93 bits per heavy atom. The summed E-state index contributed by atoms with van der Waals surface area (Å²) in [5, 5.41) is 0. The van der Waals surface area contributed by atoms with E-state index in [2.05, 4.69) is 6.42 Å². The van der Waals surface area contributed by atoms with E-state index in [4.69, 9.17) is 0 Å². The van der Waals surface area contributed by atoms with Crippen LogP contribution in [0.5, 0.6) is 0 Å². The molecule has 0 bridgehead atoms. The average molecular weight is 207 g/mol. The molecule has 0 spiro atoms. The molecule has 2 fully saturated rings. The maximum absolute atomic E-state index is 12.0. The van der Waals surface area contributed by atoms with Crippen molar-refractivity contribution in [1.29, 1.82) is 0 Å². The van der Waals surface area contributed by atoms with Crippen molar-refractivity contribution in [1.82, 2.24) is 0 Å². The van der Waals surface area contributed by atoms with Crippen LogP contribution >= 0.6 is 0 Å². The molecule has 0 aromatic heterocycles. The molecular weight excluding hydrogens is 184 g/mol. The van der Waals surface area contributed by atoms with Crippen LogP contribution in [-0.4, -0.2) is 5.78 Å². The molecule has 1 heteroatoms. The topological polar surface area (TPSA) is 17.1 Å². The minimum atomic E-state index is 0.390. The van der Waals surface area contributed by atoms with Crippen LogP contribution in [0.1, 0.15) is 64.2 Å². The second-order valence-electron chi connectivity index (χ2n) is 5.30. The third kappa shape index (κ3) is 3.32. The molecule has 0 aromatic carbocycles. The van der Waals surface area contributed by atoms with Gasteiger partial charge in [0.25, 0.3) is 0 Å². The molecule has 0 saturated heterocycles. The monoisotopic (exact) mass is 207 g/mol. The number of hydrogen-bond acceptors (Lipinski definition) is 1. The lowest BCUT2D eigenvalue weighted by Gasteiger charge is -2.25. The summed E-state index contributed by atoms with van der Waals surface area (Å²) in [6, 6.07) is 0. The molecule has 0 atom stereocenters. The molecule has 1 radical (unpaired) electrons. The van der Waals surface area contributed by atoms with Crippen molar-refractivity contribution >= 4 is 5.78 Å². The van der Waals surface area contributed by atoms with Gasteiger partial charge in [0.05, 0.1) is 0 Å². The number of ketones is 1. The second kappa shape index (κ2) is 5.67. The molecule has 2 aliphatic carbocycles.